The van der Waals surface area contributed by atoms with Crippen molar-refractivity contribution in [2.75, 3.05) is 0 Å². The molecule has 0 radical (unpaired) electrons. The lowest BCUT2D eigenvalue weighted by Crippen LogP contribution is -2.22. The van der Waals surface area contributed by atoms with Gasteiger partial charge in [-0.2, -0.15) is 0 Å². The van der Waals surface area contributed by atoms with E-state index in [2.05, 4.69) is 5.32 Å². The number of fused-ring (bicyclic) bond motifs is 1. The summed E-state index contributed by atoms with van der Waals surface area (Å²) in [5.41, 5.74) is 2.86. The summed E-state index contributed by atoms with van der Waals surface area (Å²) in [4.78, 5) is 12.6. The number of para-hydroxylation sites is 1. The molecule has 0 saturated heterocycles. The molecule has 0 fully saturated rings. The van der Waals surface area contributed by atoms with Gasteiger partial charge in [0.05, 0.1) is 11.8 Å². The monoisotopic (exact) mass is 363 g/mol. The van der Waals surface area contributed by atoms with Crippen molar-refractivity contribution in [1.82, 2.24) is 5.32 Å². The first kappa shape index (κ1) is 17.0. The van der Waals surface area contributed by atoms with Crippen molar-refractivity contribution in [1.29, 1.82) is 0 Å². The smallest absolute Gasteiger partial charge is 0.255 e. The van der Waals surface area contributed by atoms with Crippen LogP contribution >= 0.6 is 0 Å². The Balaban J connectivity index is 1.66. The Morgan fingerprint density at radius 1 is 0.926 bits per heavy atom. The van der Waals surface area contributed by atoms with Crippen LogP contribution in [-0.2, 0) is 6.54 Å². The van der Waals surface area contributed by atoms with E-state index in [1.165, 1.54) is 12.3 Å². The Bertz CT molecular complexity index is 1120. The molecule has 4 rings (SSSR count). The van der Waals surface area contributed by atoms with Crippen LogP contribution in [-0.4, -0.2) is 5.91 Å². The summed E-state index contributed by atoms with van der Waals surface area (Å²) in [5, 5.41) is 3.52. The van der Waals surface area contributed by atoms with Crippen LogP contribution in [0, 0.1) is 11.6 Å². The molecule has 0 spiro atoms. The van der Waals surface area contributed by atoms with Gasteiger partial charge in [0, 0.05) is 17.5 Å². The predicted molar refractivity (Wildman–Crippen MR) is 99.2 cm³/mol. The molecular weight excluding hydrogens is 348 g/mol. The first-order chi connectivity index (χ1) is 13.1. The van der Waals surface area contributed by atoms with Crippen LogP contribution in [0.2, 0.25) is 0 Å². The van der Waals surface area contributed by atoms with E-state index in [4.69, 9.17) is 4.42 Å². The highest BCUT2D eigenvalue weighted by molar-refractivity contribution is 6.08. The number of carbonyl (C=O) groups is 1. The van der Waals surface area contributed by atoms with Gasteiger partial charge < -0.3 is 9.73 Å². The van der Waals surface area contributed by atoms with Crippen molar-refractivity contribution in [2.45, 2.75) is 6.54 Å². The van der Waals surface area contributed by atoms with Gasteiger partial charge in [0.2, 0.25) is 0 Å². The first-order valence-corrected chi connectivity index (χ1v) is 8.41. The Morgan fingerprint density at radius 3 is 2.52 bits per heavy atom. The molecule has 27 heavy (non-hydrogen) atoms. The number of furan rings is 1. The Morgan fingerprint density at radius 2 is 1.74 bits per heavy atom. The summed E-state index contributed by atoms with van der Waals surface area (Å²) in [6.07, 6.45) is 1.45. The average molecular weight is 363 g/mol. The van der Waals surface area contributed by atoms with Gasteiger partial charge >= 0.3 is 0 Å². The number of rotatable bonds is 4. The molecule has 4 aromatic rings. The highest BCUT2D eigenvalue weighted by Crippen LogP contribution is 2.33. The molecule has 1 heterocycles. The molecule has 0 saturated carbocycles. The van der Waals surface area contributed by atoms with E-state index >= 15 is 0 Å². The van der Waals surface area contributed by atoms with E-state index < -0.39 is 11.6 Å². The van der Waals surface area contributed by atoms with Gasteiger partial charge in [-0.15, -0.1) is 0 Å². The Hall–Kier alpha value is -3.47. The maximum absolute atomic E-state index is 13.6. The van der Waals surface area contributed by atoms with Crippen molar-refractivity contribution in [2.24, 2.45) is 0 Å². The van der Waals surface area contributed by atoms with Crippen LogP contribution in [0.4, 0.5) is 8.78 Å². The number of halogens is 2. The molecule has 0 aliphatic heterocycles. The number of amides is 1. The second-order valence-electron chi connectivity index (χ2n) is 6.13. The molecule has 0 atom stereocenters. The molecule has 1 amide bonds. The van der Waals surface area contributed by atoms with Gasteiger partial charge in [-0.05, 0) is 29.3 Å². The molecule has 0 unspecified atom stereocenters. The van der Waals surface area contributed by atoms with Crippen LogP contribution in [0.15, 0.2) is 77.4 Å². The van der Waals surface area contributed by atoms with Crippen LogP contribution in [0.5, 0.6) is 0 Å². The number of hydrogen-bond acceptors (Lipinski definition) is 2. The molecule has 0 aliphatic rings. The summed E-state index contributed by atoms with van der Waals surface area (Å²) >= 11 is 0. The summed E-state index contributed by atoms with van der Waals surface area (Å²) in [7, 11) is 0. The summed E-state index contributed by atoms with van der Waals surface area (Å²) in [6, 6.07) is 18.4. The zero-order valence-electron chi connectivity index (χ0n) is 14.2. The SMILES string of the molecule is O=C(NCc1ccccc1)c1cccc2c(-c3ccc(F)c(F)c3)coc12. The fourth-order valence-electron chi connectivity index (χ4n) is 3.00. The zero-order valence-corrected chi connectivity index (χ0v) is 14.2. The third kappa shape index (κ3) is 3.31. The lowest BCUT2D eigenvalue weighted by Gasteiger charge is -2.06. The second kappa shape index (κ2) is 7.03. The normalized spacial score (nSPS) is 10.9. The van der Waals surface area contributed by atoms with E-state index in [0.717, 1.165) is 17.7 Å². The zero-order chi connectivity index (χ0) is 18.8. The lowest BCUT2D eigenvalue weighted by atomic mass is 10.0. The van der Waals surface area contributed by atoms with Crippen molar-refractivity contribution >= 4 is 16.9 Å². The highest BCUT2D eigenvalue weighted by Gasteiger charge is 2.17. The summed E-state index contributed by atoms with van der Waals surface area (Å²) in [5.74, 6) is -2.11. The minimum Gasteiger partial charge on any atom is -0.463 e. The molecule has 1 aromatic heterocycles. The third-order valence-electron chi connectivity index (χ3n) is 4.37. The molecule has 1 N–H and O–H groups in total. The van der Waals surface area contributed by atoms with Gasteiger partial charge in [-0.1, -0.05) is 48.5 Å². The first-order valence-electron chi connectivity index (χ1n) is 8.41. The molecular formula is C22H15F2NO2. The standard InChI is InChI=1S/C22H15F2NO2/c23-19-10-9-15(11-20(19)24)18-13-27-21-16(18)7-4-8-17(21)22(26)25-12-14-5-2-1-3-6-14/h1-11,13H,12H2,(H,25,26). The minimum absolute atomic E-state index is 0.268. The minimum atomic E-state index is -0.932. The van der Waals surface area contributed by atoms with Gasteiger partial charge in [0.25, 0.3) is 5.91 Å². The number of nitrogens with one attached hydrogen (secondary N) is 1. The average Bonchev–Trinajstić information content (AvgIpc) is 3.13. The van der Waals surface area contributed by atoms with E-state index in [1.54, 1.807) is 18.2 Å². The molecule has 0 bridgehead atoms. The summed E-state index contributed by atoms with van der Waals surface area (Å²) in [6.45, 7) is 0.396. The van der Waals surface area contributed by atoms with Crippen molar-refractivity contribution in [3.8, 4) is 11.1 Å². The lowest BCUT2D eigenvalue weighted by molar-refractivity contribution is 0.0951. The molecule has 3 aromatic carbocycles. The van der Waals surface area contributed by atoms with Crippen molar-refractivity contribution in [3.63, 3.8) is 0 Å². The molecule has 3 nitrogen and oxygen atoms in total. The van der Waals surface area contributed by atoms with E-state index in [-0.39, 0.29) is 5.91 Å². The van der Waals surface area contributed by atoms with Gasteiger partial charge in [0.15, 0.2) is 11.6 Å². The number of benzene rings is 3. The number of hydrogen-bond donors (Lipinski definition) is 1. The van der Waals surface area contributed by atoms with E-state index in [0.29, 0.717) is 34.2 Å². The third-order valence-corrected chi connectivity index (χ3v) is 4.37. The second-order valence-corrected chi connectivity index (χ2v) is 6.13. The number of carbonyl (C=O) groups excluding carboxylic acids is 1. The topological polar surface area (TPSA) is 42.2 Å². The Kier molecular flexibility index (Phi) is 4.42. The largest absolute Gasteiger partial charge is 0.463 e. The van der Waals surface area contributed by atoms with E-state index in [9.17, 15) is 13.6 Å². The van der Waals surface area contributed by atoms with Crippen LogP contribution < -0.4 is 5.32 Å². The molecule has 134 valence electrons. The maximum atomic E-state index is 13.6. The van der Waals surface area contributed by atoms with Gasteiger partial charge in [0.1, 0.15) is 5.58 Å². The van der Waals surface area contributed by atoms with E-state index in [1.807, 2.05) is 30.3 Å². The van der Waals surface area contributed by atoms with Gasteiger partial charge in [-0.25, -0.2) is 8.78 Å². The predicted octanol–water partition coefficient (Wildman–Crippen LogP) is 5.31. The van der Waals surface area contributed by atoms with Crippen LogP contribution in [0.1, 0.15) is 15.9 Å². The van der Waals surface area contributed by atoms with Crippen molar-refractivity contribution < 1.29 is 18.0 Å². The van der Waals surface area contributed by atoms with Crippen LogP contribution in [0.3, 0.4) is 0 Å². The Labute approximate surface area is 154 Å². The molecule has 0 aliphatic carbocycles. The van der Waals surface area contributed by atoms with Crippen molar-refractivity contribution in [3.05, 3.63) is 95.8 Å². The van der Waals surface area contributed by atoms with Crippen LogP contribution in [0.25, 0.3) is 22.1 Å². The molecule has 5 heteroatoms. The quantitative estimate of drug-likeness (QED) is 0.534. The van der Waals surface area contributed by atoms with Gasteiger partial charge in [-0.3, -0.25) is 4.79 Å². The summed E-state index contributed by atoms with van der Waals surface area (Å²) < 4.78 is 32.4. The highest BCUT2D eigenvalue weighted by atomic mass is 19.2. The fourth-order valence-corrected chi connectivity index (χ4v) is 3.00. The fraction of sp³-hybridized carbons (Fsp3) is 0.0455. The maximum Gasteiger partial charge on any atom is 0.255 e.